The topological polar surface area (TPSA) is 22.1 Å². The van der Waals surface area contributed by atoms with Gasteiger partial charge in [-0.25, -0.2) is 4.98 Å². The highest BCUT2D eigenvalue weighted by atomic mass is 16.5. The molecule has 1 aromatic carbocycles. The van der Waals surface area contributed by atoms with Gasteiger partial charge in [0, 0.05) is 11.6 Å². The number of methoxy groups -OCH3 is 1. The third kappa shape index (κ3) is 1.74. The van der Waals surface area contributed by atoms with Crippen molar-refractivity contribution in [1.82, 2.24) is 4.98 Å². The lowest BCUT2D eigenvalue weighted by Gasteiger charge is -2.02. The standard InChI is InChI=1S/C12H10NO/c1-14-12-9-5-8-11(13-12)10-6-3-2-4-7-10/h3-9H,1H3. The minimum atomic E-state index is 0.635. The minimum Gasteiger partial charge on any atom is -0.481 e. The van der Waals surface area contributed by atoms with Gasteiger partial charge in [-0.05, 0) is 12.1 Å². The molecule has 0 amide bonds. The van der Waals surface area contributed by atoms with Gasteiger partial charge in [0.25, 0.3) is 0 Å². The summed E-state index contributed by atoms with van der Waals surface area (Å²) >= 11 is 0. The molecule has 14 heavy (non-hydrogen) atoms. The van der Waals surface area contributed by atoms with Gasteiger partial charge in [-0.1, -0.05) is 30.3 Å². The summed E-state index contributed by atoms with van der Waals surface area (Å²) in [7, 11) is 1.62. The predicted molar refractivity (Wildman–Crippen MR) is 55.1 cm³/mol. The van der Waals surface area contributed by atoms with E-state index >= 15 is 0 Å². The average molecular weight is 184 g/mol. The van der Waals surface area contributed by atoms with E-state index in [9.17, 15) is 0 Å². The van der Waals surface area contributed by atoms with Crippen LogP contribution in [-0.4, -0.2) is 12.1 Å². The molecule has 0 spiro atoms. The van der Waals surface area contributed by atoms with Crippen molar-refractivity contribution in [2.45, 2.75) is 0 Å². The van der Waals surface area contributed by atoms with Crippen molar-refractivity contribution in [2.24, 2.45) is 0 Å². The lowest BCUT2D eigenvalue weighted by molar-refractivity contribution is 0.398. The minimum absolute atomic E-state index is 0.635. The predicted octanol–water partition coefficient (Wildman–Crippen LogP) is 2.56. The summed E-state index contributed by atoms with van der Waals surface area (Å²) in [5, 5.41) is 0. The highest BCUT2D eigenvalue weighted by Crippen LogP contribution is 2.18. The molecule has 0 saturated carbocycles. The summed E-state index contributed by atoms with van der Waals surface area (Å²) in [5.41, 5.74) is 1.99. The van der Waals surface area contributed by atoms with E-state index in [0.717, 1.165) is 11.3 Å². The van der Waals surface area contributed by atoms with Gasteiger partial charge in [-0.2, -0.15) is 0 Å². The number of ether oxygens (including phenoxy) is 1. The highest BCUT2D eigenvalue weighted by molar-refractivity contribution is 5.59. The van der Waals surface area contributed by atoms with Crippen LogP contribution in [0.5, 0.6) is 5.88 Å². The Balaban J connectivity index is 2.42. The number of pyridine rings is 1. The van der Waals surface area contributed by atoms with E-state index in [2.05, 4.69) is 11.1 Å². The number of hydrogen-bond donors (Lipinski definition) is 0. The highest BCUT2D eigenvalue weighted by Gasteiger charge is 1.99. The summed E-state index contributed by atoms with van der Waals surface area (Å²) in [6.07, 6.45) is 0. The number of hydrogen-bond acceptors (Lipinski definition) is 2. The van der Waals surface area contributed by atoms with E-state index < -0.39 is 0 Å². The molecule has 0 atom stereocenters. The third-order valence-corrected chi connectivity index (χ3v) is 1.95. The van der Waals surface area contributed by atoms with Gasteiger partial charge in [-0.3, -0.25) is 0 Å². The molecular formula is C12H10NO. The molecule has 69 valence electrons. The average Bonchev–Trinajstić information content (AvgIpc) is 2.30. The first-order valence-electron chi connectivity index (χ1n) is 4.37. The lowest BCUT2D eigenvalue weighted by Crippen LogP contribution is -1.88. The van der Waals surface area contributed by atoms with E-state index in [-0.39, 0.29) is 0 Å². The van der Waals surface area contributed by atoms with Crippen LogP contribution in [0, 0.1) is 6.07 Å². The van der Waals surface area contributed by atoms with Gasteiger partial charge in [0.1, 0.15) is 0 Å². The molecule has 1 radical (unpaired) electrons. The van der Waals surface area contributed by atoms with Crippen molar-refractivity contribution < 1.29 is 4.74 Å². The Morgan fingerprint density at radius 2 is 1.93 bits per heavy atom. The Morgan fingerprint density at radius 1 is 1.14 bits per heavy atom. The normalized spacial score (nSPS) is 9.79. The van der Waals surface area contributed by atoms with Crippen LogP contribution in [0.3, 0.4) is 0 Å². The quantitative estimate of drug-likeness (QED) is 0.715. The van der Waals surface area contributed by atoms with Crippen molar-refractivity contribution in [3.8, 4) is 17.1 Å². The van der Waals surface area contributed by atoms with Gasteiger partial charge in [0.2, 0.25) is 5.88 Å². The Bertz CT molecular complexity index is 412. The molecular weight excluding hydrogens is 174 g/mol. The molecule has 0 N–H and O–H groups in total. The third-order valence-electron chi connectivity index (χ3n) is 1.95. The van der Waals surface area contributed by atoms with Crippen molar-refractivity contribution in [2.75, 3.05) is 7.11 Å². The lowest BCUT2D eigenvalue weighted by atomic mass is 10.1. The van der Waals surface area contributed by atoms with Crippen molar-refractivity contribution >= 4 is 0 Å². The maximum Gasteiger partial charge on any atom is 0.213 e. The molecule has 0 saturated heterocycles. The SMILES string of the molecule is COc1cccc(-c2cc[c]cc2)n1. The Labute approximate surface area is 83.2 Å². The van der Waals surface area contributed by atoms with Crippen LogP contribution >= 0.6 is 0 Å². The second-order valence-corrected chi connectivity index (χ2v) is 2.85. The largest absolute Gasteiger partial charge is 0.481 e. The number of aromatic nitrogens is 1. The molecule has 0 aliphatic carbocycles. The molecule has 2 nitrogen and oxygen atoms in total. The fraction of sp³-hybridized carbons (Fsp3) is 0.0833. The monoisotopic (exact) mass is 184 g/mol. The van der Waals surface area contributed by atoms with E-state index in [1.807, 2.05) is 42.5 Å². The van der Waals surface area contributed by atoms with Crippen molar-refractivity contribution in [1.29, 1.82) is 0 Å². The smallest absolute Gasteiger partial charge is 0.213 e. The van der Waals surface area contributed by atoms with Crippen LogP contribution in [0.4, 0.5) is 0 Å². The zero-order valence-corrected chi connectivity index (χ0v) is 7.90. The van der Waals surface area contributed by atoms with Gasteiger partial charge in [0.15, 0.2) is 0 Å². The second-order valence-electron chi connectivity index (χ2n) is 2.85. The molecule has 0 aliphatic heterocycles. The zero-order chi connectivity index (χ0) is 9.80. The molecule has 2 rings (SSSR count). The zero-order valence-electron chi connectivity index (χ0n) is 7.90. The first-order valence-corrected chi connectivity index (χ1v) is 4.37. The van der Waals surface area contributed by atoms with Crippen LogP contribution in [0.1, 0.15) is 0 Å². The van der Waals surface area contributed by atoms with Gasteiger partial charge < -0.3 is 4.74 Å². The van der Waals surface area contributed by atoms with Gasteiger partial charge >= 0.3 is 0 Å². The molecule has 2 aromatic rings. The first-order chi connectivity index (χ1) is 6.90. The molecule has 1 heterocycles. The van der Waals surface area contributed by atoms with E-state index in [1.54, 1.807) is 7.11 Å². The second kappa shape index (κ2) is 3.92. The van der Waals surface area contributed by atoms with Crippen LogP contribution in [0.2, 0.25) is 0 Å². The maximum atomic E-state index is 5.06. The van der Waals surface area contributed by atoms with Crippen LogP contribution in [0.15, 0.2) is 42.5 Å². The van der Waals surface area contributed by atoms with Crippen molar-refractivity contribution in [3.05, 3.63) is 48.5 Å². The number of benzene rings is 1. The molecule has 0 aliphatic rings. The molecule has 1 aromatic heterocycles. The first kappa shape index (κ1) is 8.75. The summed E-state index contributed by atoms with van der Waals surface area (Å²) in [6, 6.07) is 16.4. The Kier molecular flexibility index (Phi) is 2.45. The Hall–Kier alpha value is -1.83. The molecule has 2 heteroatoms. The summed E-state index contributed by atoms with van der Waals surface area (Å²) in [4.78, 5) is 4.33. The van der Waals surface area contributed by atoms with Crippen LogP contribution < -0.4 is 4.74 Å². The van der Waals surface area contributed by atoms with Crippen molar-refractivity contribution in [3.63, 3.8) is 0 Å². The molecule has 0 bridgehead atoms. The summed E-state index contributed by atoms with van der Waals surface area (Å²) in [6.45, 7) is 0. The fourth-order valence-electron chi connectivity index (χ4n) is 1.25. The summed E-state index contributed by atoms with van der Waals surface area (Å²) in [5.74, 6) is 0.635. The number of rotatable bonds is 2. The number of nitrogens with zero attached hydrogens (tertiary/aromatic N) is 1. The van der Waals surface area contributed by atoms with E-state index in [0.29, 0.717) is 5.88 Å². The Morgan fingerprint density at radius 3 is 2.64 bits per heavy atom. The maximum absolute atomic E-state index is 5.06. The molecule has 0 unspecified atom stereocenters. The van der Waals surface area contributed by atoms with Crippen LogP contribution in [0.25, 0.3) is 11.3 Å². The van der Waals surface area contributed by atoms with Gasteiger partial charge in [0.05, 0.1) is 12.8 Å². The fourth-order valence-corrected chi connectivity index (χ4v) is 1.25. The van der Waals surface area contributed by atoms with Gasteiger partial charge in [-0.15, -0.1) is 0 Å². The summed E-state index contributed by atoms with van der Waals surface area (Å²) < 4.78 is 5.06. The van der Waals surface area contributed by atoms with E-state index in [1.165, 1.54) is 0 Å². The molecule has 0 fully saturated rings. The van der Waals surface area contributed by atoms with E-state index in [4.69, 9.17) is 4.74 Å². The van der Waals surface area contributed by atoms with Crippen LogP contribution in [-0.2, 0) is 0 Å².